The van der Waals surface area contributed by atoms with Crippen molar-refractivity contribution in [2.45, 2.75) is 59.1 Å². The zero-order valence-electron chi connectivity index (χ0n) is 12.3. The van der Waals surface area contributed by atoms with E-state index in [1.807, 2.05) is 0 Å². The summed E-state index contributed by atoms with van der Waals surface area (Å²) >= 11 is 0. The Labute approximate surface area is 107 Å². The van der Waals surface area contributed by atoms with Gasteiger partial charge < -0.3 is 5.32 Å². The third kappa shape index (κ3) is 5.38. The molecular formula is C13H29NO2S. The number of hydrogen-bond donors (Lipinski definition) is 1. The summed E-state index contributed by atoms with van der Waals surface area (Å²) in [7, 11) is -2.99. The first-order valence-corrected chi connectivity index (χ1v) is 8.16. The monoisotopic (exact) mass is 263 g/mol. The zero-order valence-corrected chi connectivity index (χ0v) is 13.1. The van der Waals surface area contributed by atoms with E-state index in [2.05, 4.69) is 26.1 Å². The van der Waals surface area contributed by atoms with Crippen LogP contribution >= 0.6 is 0 Å². The topological polar surface area (TPSA) is 46.2 Å². The minimum atomic E-state index is -2.99. The summed E-state index contributed by atoms with van der Waals surface area (Å²) in [5, 5.41) is 3.32. The van der Waals surface area contributed by atoms with Crippen LogP contribution in [0.15, 0.2) is 0 Å². The minimum absolute atomic E-state index is 0.0777. The van der Waals surface area contributed by atoms with Crippen molar-refractivity contribution in [2.75, 3.05) is 18.8 Å². The van der Waals surface area contributed by atoms with E-state index < -0.39 is 14.6 Å². The molecule has 0 aliphatic rings. The van der Waals surface area contributed by atoms with Crippen LogP contribution in [0.4, 0.5) is 0 Å². The van der Waals surface area contributed by atoms with E-state index >= 15 is 0 Å². The van der Waals surface area contributed by atoms with Gasteiger partial charge in [-0.05, 0) is 45.6 Å². The molecule has 1 N–H and O–H groups in total. The number of hydrogen-bond acceptors (Lipinski definition) is 3. The van der Waals surface area contributed by atoms with Crippen molar-refractivity contribution in [2.24, 2.45) is 5.41 Å². The summed E-state index contributed by atoms with van der Waals surface area (Å²) in [5.41, 5.74) is 0.0777. The van der Waals surface area contributed by atoms with Crippen LogP contribution in [0.2, 0.25) is 0 Å². The molecule has 17 heavy (non-hydrogen) atoms. The maximum absolute atomic E-state index is 12.1. The highest BCUT2D eigenvalue weighted by atomic mass is 32.2. The summed E-state index contributed by atoms with van der Waals surface area (Å²) in [5.74, 6) is 0.284. The fraction of sp³-hybridized carbons (Fsp3) is 1.00. The highest BCUT2D eigenvalue weighted by Gasteiger charge is 2.32. The van der Waals surface area contributed by atoms with E-state index in [9.17, 15) is 8.42 Å². The lowest BCUT2D eigenvalue weighted by atomic mass is 9.85. The molecule has 0 aromatic heterocycles. The van der Waals surface area contributed by atoms with Gasteiger partial charge in [-0.15, -0.1) is 0 Å². The Hall–Kier alpha value is -0.0900. The first kappa shape index (κ1) is 16.9. The zero-order chi connectivity index (χ0) is 13.7. The van der Waals surface area contributed by atoms with E-state index in [0.717, 1.165) is 25.9 Å². The Balaban J connectivity index is 4.53. The molecule has 0 aromatic carbocycles. The molecule has 104 valence electrons. The average Bonchev–Trinajstić information content (AvgIpc) is 2.22. The van der Waals surface area contributed by atoms with Crippen LogP contribution in [0.25, 0.3) is 0 Å². The normalized spacial score (nSPS) is 16.8. The van der Waals surface area contributed by atoms with Gasteiger partial charge >= 0.3 is 0 Å². The molecule has 3 nitrogen and oxygen atoms in total. The summed E-state index contributed by atoms with van der Waals surface area (Å²) in [6.07, 6.45) is 1.73. The van der Waals surface area contributed by atoms with Crippen molar-refractivity contribution in [3.63, 3.8) is 0 Å². The van der Waals surface area contributed by atoms with Gasteiger partial charge in [0.15, 0.2) is 9.84 Å². The lowest BCUT2D eigenvalue weighted by Crippen LogP contribution is -2.36. The fourth-order valence-electron chi connectivity index (χ4n) is 1.50. The lowest BCUT2D eigenvalue weighted by molar-refractivity contribution is 0.284. The van der Waals surface area contributed by atoms with Gasteiger partial charge in [-0.2, -0.15) is 0 Å². The van der Waals surface area contributed by atoms with E-state index in [4.69, 9.17) is 0 Å². The van der Waals surface area contributed by atoms with Crippen molar-refractivity contribution < 1.29 is 8.42 Å². The van der Waals surface area contributed by atoms with Crippen LogP contribution in [-0.4, -0.2) is 32.0 Å². The average molecular weight is 263 g/mol. The van der Waals surface area contributed by atoms with Crippen molar-refractivity contribution in [3.8, 4) is 0 Å². The van der Waals surface area contributed by atoms with Gasteiger partial charge in [-0.1, -0.05) is 20.8 Å². The SMILES string of the molecule is CCNCC(C)(CC)CCS(=O)(=O)C(C)(C)C. The summed E-state index contributed by atoms with van der Waals surface area (Å²) in [6.45, 7) is 13.5. The van der Waals surface area contributed by atoms with Crippen LogP contribution in [0.3, 0.4) is 0 Å². The predicted octanol–water partition coefficient (Wildman–Crippen LogP) is 2.62. The molecule has 0 radical (unpaired) electrons. The van der Waals surface area contributed by atoms with Gasteiger partial charge in [0.05, 0.1) is 10.5 Å². The number of sulfone groups is 1. The molecule has 0 aliphatic heterocycles. The minimum Gasteiger partial charge on any atom is -0.316 e. The van der Waals surface area contributed by atoms with Gasteiger partial charge in [0, 0.05) is 6.54 Å². The summed E-state index contributed by atoms with van der Waals surface area (Å²) in [4.78, 5) is 0. The van der Waals surface area contributed by atoms with E-state index in [0.29, 0.717) is 0 Å². The second kappa shape index (κ2) is 6.19. The van der Waals surface area contributed by atoms with Crippen molar-refractivity contribution in [1.29, 1.82) is 0 Å². The molecule has 4 heteroatoms. The molecule has 1 atom stereocenters. The summed E-state index contributed by atoms with van der Waals surface area (Å²) < 4.78 is 23.5. The van der Waals surface area contributed by atoms with E-state index in [-0.39, 0.29) is 11.2 Å². The molecule has 0 aromatic rings. The van der Waals surface area contributed by atoms with Crippen molar-refractivity contribution in [3.05, 3.63) is 0 Å². The Kier molecular flexibility index (Phi) is 6.15. The van der Waals surface area contributed by atoms with Crippen molar-refractivity contribution >= 4 is 9.84 Å². The van der Waals surface area contributed by atoms with Gasteiger partial charge in [-0.25, -0.2) is 8.42 Å². The third-order valence-corrected chi connectivity index (χ3v) is 6.17. The highest BCUT2D eigenvalue weighted by Crippen LogP contribution is 2.28. The van der Waals surface area contributed by atoms with Gasteiger partial charge in [0.25, 0.3) is 0 Å². The van der Waals surface area contributed by atoms with Gasteiger partial charge in [0.1, 0.15) is 0 Å². The molecule has 0 bridgehead atoms. The maximum atomic E-state index is 12.1. The number of rotatable bonds is 7. The Morgan fingerprint density at radius 3 is 1.94 bits per heavy atom. The van der Waals surface area contributed by atoms with E-state index in [1.165, 1.54) is 0 Å². The molecule has 0 saturated carbocycles. The van der Waals surface area contributed by atoms with E-state index in [1.54, 1.807) is 20.8 Å². The second-order valence-corrected chi connectivity index (χ2v) is 8.99. The molecule has 0 heterocycles. The smallest absolute Gasteiger partial charge is 0.155 e. The largest absolute Gasteiger partial charge is 0.316 e. The first-order chi connectivity index (χ1) is 7.58. The highest BCUT2D eigenvalue weighted by molar-refractivity contribution is 7.92. The van der Waals surface area contributed by atoms with Gasteiger partial charge in [-0.3, -0.25) is 0 Å². The molecule has 0 aliphatic carbocycles. The molecular weight excluding hydrogens is 234 g/mol. The Morgan fingerprint density at radius 1 is 1.06 bits per heavy atom. The first-order valence-electron chi connectivity index (χ1n) is 6.51. The quantitative estimate of drug-likeness (QED) is 0.768. The van der Waals surface area contributed by atoms with Crippen LogP contribution in [0, 0.1) is 5.41 Å². The molecule has 0 spiro atoms. The molecule has 0 rings (SSSR count). The lowest BCUT2D eigenvalue weighted by Gasteiger charge is -2.30. The predicted molar refractivity (Wildman–Crippen MR) is 75.1 cm³/mol. The molecule has 0 fully saturated rings. The summed E-state index contributed by atoms with van der Waals surface area (Å²) in [6, 6.07) is 0. The fourth-order valence-corrected chi connectivity index (χ4v) is 2.88. The number of nitrogens with one attached hydrogen (secondary N) is 1. The second-order valence-electron chi connectivity index (χ2n) is 6.13. The van der Waals surface area contributed by atoms with Crippen LogP contribution in [0.1, 0.15) is 54.4 Å². The third-order valence-electron chi connectivity index (χ3n) is 3.56. The van der Waals surface area contributed by atoms with Crippen LogP contribution in [-0.2, 0) is 9.84 Å². The van der Waals surface area contributed by atoms with Crippen LogP contribution in [0.5, 0.6) is 0 Å². The van der Waals surface area contributed by atoms with Gasteiger partial charge in [0.2, 0.25) is 0 Å². The molecule has 0 saturated heterocycles. The molecule has 0 amide bonds. The molecule has 1 unspecified atom stereocenters. The van der Waals surface area contributed by atoms with Crippen LogP contribution < -0.4 is 5.32 Å². The standard InChI is InChI=1S/C13H29NO2S/c1-7-13(6,11-14-8-2)9-10-17(15,16)12(3,4)5/h14H,7-11H2,1-6H3. The van der Waals surface area contributed by atoms with Crippen molar-refractivity contribution in [1.82, 2.24) is 5.32 Å². The maximum Gasteiger partial charge on any atom is 0.155 e. The Bertz CT molecular complexity index is 317. The Morgan fingerprint density at radius 2 is 1.59 bits per heavy atom.